The average Bonchev–Trinajstić information content (AvgIpc) is 2.17. The molecule has 0 aliphatic heterocycles. The highest BCUT2D eigenvalue weighted by molar-refractivity contribution is 5.64. The van der Waals surface area contributed by atoms with Gasteiger partial charge in [0, 0.05) is 5.41 Å². The lowest BCUT2D eigenvalue weighted by Crippen LogP contribution is -2.35. The van der Waals surface area contributed by atoms with Gasteiger partial charge >= 0.3 is 6.09 Å². The highest BCUT2D eigenvalue weighted by Crippen LogP contribution is 2.28. The summed E-state index contributed by atoms with van der Waals surface area (Å²) in [4.78, 5) is 10.7. The molecule has 88 valence electrons. The lowest BCUT2D eigenvalue weighted by atomic mass is 9.81. The lowest BCUT2D eigenvalue weighted by molar-refractivity contribution is 0.0404. The summed E-state index contributed by atoms with van der Waals surface area (Å²) < 4.78 is 5.03. The van der Waals surface area contributed by atoms with E-state index in [0.29, 0.717) is 0 Å². The van der Waals surface area contributed by atoms with Crippen LogP contribution in [-0.4, -0.2) is 12.2 Å². The lowest BCUT2D eigenvalue weighted by Gasteiger charge is -2.30. The summed E-state index contributed by atoms with van der Waals surface area (Å²) in [5, 5.41) is 0. The molecule has 0 saturated carbocycles. The van der Waals surface area contributed by atoms with Crippen molar-refractivity contribution in [3.05, 3.63) is 35.9 Å². The molecule has 0 aromatic heterocycles. The zero-order valence-corrected chi connectivity index (χ0v) is 10.1. The molecule has 1 amide bonds. The van der Waals surface area contributed by atoms with Crippen LogP contribution in [0, 0.1) is 5.41 Å². The van der Waals surface area contributed by atoms with Crippen molar-refractivity contribution in [2.75, 3.05) is 0 Å². The number of ether oxygens (including phenoxy) is 1. The van der Waals surface area contributed by atoms with Gasteiger partial charge in [-0.05, 0) is 18.9 Å². The number of hydrogen-bond donors (Lipinski definition) is 1. The van der Waals surface area contributed by atoms with Crippen molar-refractivity contribution < 1.29 is 9.53 Å². The maximum atomic E-state index is 10.7. The minimum absolute atomic E-state index is 0.129. The summed E-state index contributed by atoms with van der Waals surface area (Å²) in [6, 6.07) is 10.1. The number of amides is 1. The Kier molecular flexibility index (Phi) is 3.93. The maximum absolute atomic E-state index is 10.7. The standard InChI is InChI=1S/C13H19NO2/c1-10(16-12(14)15)13(2,3)9-11-7-5-4-6-8-11/h4-8,10H,9H2,1-3H3,(H2,14,15). The van der Waals surface area contributed by atoms with E-state index in [2.05, 4.69) is 26.0 Å². The molecule has 3 heteroatoms. The van der Waals surface area contributed by atoms with Crippen LogP contribution in [0.4, 0.5) is 4.79 Å². The van der Waals surface area contributed by atoms with Gasteiger partial charge in [0.05, 0.1) is 0 Å². The smallest absolute Gasteiger partial charge is 0.404 e. The molecular weight excluding hydrogens is 202 g/mol. The molecule has 0 radical (unpaired) electrons. The summed E-state index contributed by atoms with van der Waals surface area (Å²) in [5.74, 6) is 0. The number of benzene rings is 1. The highest BCUT2D eigenvalue weighted by Gasteiger charge is 2.28. The number of rotatable bonds is 4. The van der Waals surface area contributed by atoms with E-state index >= 15 is 0 Å². The quantitative estimate of drug-likeness (QED) is 0.849. The number of carbonyl (C=O) groups is 1. The van der Waals surface area contributed by atoms with Crippen LogP contribution in [0.3, 0.4) is 0 Å². The monoisotopic (exact) mass is 221 g/mol. The first-order chi connectivity index (χ1) is 7.42. The normalized spacial score (nSPS) is 13.2. The molecular formula is C13H19NO2. The fourth-order valence-corrected chi connectivity index (χ4v) is 1.60. The van der Waals surface area contributed by atoms with Crippen molar-refractivity contribution >= 4 is 6.09 Å². The predicted octanol–water partition coefficient (Wildman–Crippen LogP) is 2.74. The van der Waals surface area contributed by atoms with Crippen LogP contribution in [-0.2, 0) is 11.2 Å². The third kappa shape index (κ3) is 3.57. The predicted molar refractivity (Wildman–Crippen MR) is 64.1 cm³/mol. The van der Waals surface area contributed by atoms with Gasteiger partial charge in [0.1, 0.15) is 6.10 Å². The Balaban J connectivity index is 2.67. The minimum Gasteiger partial charge on any atom is -0.446 e. The van der Waals surface area contributed by atoms with Crippen LogP contribution >= 0.6 is 0 Å². The molecule has 1 aromatic carbocycles. The van der Waals surface area contributed by atoms with Gasteiger partial charge in [0.25, 0.3) is 0 Å². The van der Waals surface area contributed by atoms with Crippen LogP contribution in [0.15, 0.2) is 30.3 Å². The summed E-state index contributed by atoms with van der Waals surface area (Å²) in [6.07, 6.45) is -0.0682. The first-order valence-electron chi connectivity index (χ1n) is 5.42. The fraction of sp³-hybridized carbons (Fsp3) is 0.462. The molecule has 1 unspecified atom stereocenters. The van der Waals surface area contributed by atoms with Crippen molar-refractivity contribution in [1.82, 2.24) is 0 Å². The van der Waals surface area contributed by atoms with Crippen LogP contribution in [0.5, 0.6) is 0 Å². The molecule has 0 fully saturated rings. The van der Waals surface area contributed by atoms with E-state index < -0.39 is 6.09 Å². The average molecular weight is 221 g/mol. The van der Waals surface area contributed by atoms with Crippen molar-refractivity contribution in [1.29, 1.82) is 0 Å². The molecule has 0 bridgehead atoms. The second kappa shape index (κ2) is 5.01. The largest absolute Gasteiger partial charge is 0.446 e. The minimum atomic E-state index is -0.714. The first kappa shape index (κ1) is 12.6. The zero-order valence-electron chi connectivity index (χ0n) is 10.1. The van der Waals surface area contributed by atoms with Crippen LogP contribution in [0.1, 0.15) is 26.3 Å². The summed E-state index contributed by atoms with van der Waals surface area (Å²) in [6.45, 7) is 5.99. The van der Waals surface area contributed by atoms with Gasteiger partial charge in [-0.2, -0.15) is 0 Å². The van der Waals surface area contributed by atoms with Gasteiger partial charge in [-0.15, -0.1) is 0 Å². The number of primary amides is 1. The molecule has 0 spiro atoms. The van der Waals surface area contributed by atoms with Gasteiger partial charge in [0.2, 0.25) is 0 Å². The van der Waals surface area contributed by atoms with Gasteiger partial charge in [-0.25, -0.2) is 4.79 Å². The van der Waals surface area contributed by atoms with E-state index in [4.69, 9.17) is 10.5 Å². The topological polar surface area (TPSA) is 52.3 Å². The maximum Gasteiger partial charge on any atom is 0.404 e. The van der Waals surface area contributed by atoms with E-state index in [1.54, 1.807) is 0 Å². The Bertz CT molecular complexity index is 346. The van der Waals surface area contributed by atoms with E-state index in [9.17, 15) is 4.79 Å². The summed E-state index contributed by atoms with van der Waals surface area (Å²) in [5.41, 5.74) is 6.12. The third-order valence-corrected chi connectivity index (χ3v) is 2.90. The molecule has 0 heterocycles. The molecule has 0 aliphatic carbocycles. The van der Waals surface area contributed by atoms with Crippen molar-refractivity contribution in [3.63, 3.8) is 0 Å². The zero-order chi connectivity index (χ0) is 12.2. The summed E-state index contributed by atoms with van der Waals surface area (Å²) >= 11 is 0. The van der Waals surface area contributed by atoms with Gasteiger partial charge < -0.3 is 10.5 Å². The van der Waals surface area contributed by atoms with Crippen LogP contribution in [0.25, 0.3) is 0 Å². The van der Waals surface area contributed by atoms with E-state index in [1.807, 2.05) is 25.1 Å². The molecule has 1 aromatic rings. The van der Waals surface area contributed by atoms with Gasteiger partial charge in [-0.1, -0.05) is 44.2 Å². The Hall–Kier alpha value is -1.51. The molecule has 2 N–H and O–H groups in total. The third-order valence-electron chi connectivity index (χ3n) is 2.90. The molecule has 3 nitrogen and oxygen atoms in total. The van der Waals surface area contributed by atoms with E-state index in [1.165, 1.54) is 5.56 Å². The number of carbonyl (C=O) groups excluding carboxylic acids is 1. The molecule has 0 saturated heterocycles. The first-order valence-corrected chi connectivity index (χ1v) is 5.42. The molecule has 16 heavy (non-hydrogen) atoms. The Morgan fingerprint density at radius 1 is 1.38 bits per heavy atom. The Morgan fingerprint density at radius 3 is 2.44 bits per heavy atom. The van der Waals surface area contributed by atoms with Gasteiger partial charge in [0.15, 0.2) is 0 Å². The number of hydrogen-bond acceptors (Lipinski definition) is 2. The second-order valence-corrected chi connectivity index (χ2v) is 4.73. The highest BCUT2D eigenvalue weighted by atomic mass is 16.6. The fourth-order valence-electron chi connectivity index (χ4n) is 1.60. The Morgan fingerprint density at radius 2 is 1.94 bits per heavy atom. The molecule has 0 aliphatic rings. The molecule has 1 rings (SSSR count). The van der Waals surface area contributed by atoms with E-state index in [-0.39, 0.29) is 11.5 Å². The SMILES string of the molecule is CC(OC(N)=O)C(C)(C)Cc1ccccc1. The van der Waals surface area contributed by atoms with Crippen molar-refractivity contribution in [3.8, 4) is 0 Å². The van der Waals surface area contributed by atoms with Crippen molar-refractivity contribution in [2.24, 2.45) is 11.1 Å². The van der Waals surface area contributed by atoms with Crippen LogP contribution in [0.2, 0.25) is 0 Å². The van der Waals surface area contributed by atoms with Gasteiger partial charge in [-0.3, -0.25) is 0 Å². The van der Waals surface area contributed by atoms with Crippen molar-refractivity contribution in [2.45, 2.75) is 33.3 Å². The second-order valence-electron chi connectivity index (χ2n) is 4.73. The molecule has 1 atom stereocenters. The van der Waals surface area contributed by atoms with E-state index in [0.717, 1.165) is 6.42 Å². The Labute approximate surface area is 96.6 Å². The number of nitrogens with two attached hydrogens (primary N) is 1. The van der Waals surface area contributed by atoms with Crippen LogP contribution < -0.4 is 5.73 Å². The summed E-state index contributed by atoms with van der Waals surface area (Å²) in [7, 11) is 0.